The zero-order chi connectivity index (χ0) is 16.1. The van der Waals surface area contributed by atoms with E-state index < -0.39 is 0 Å². The summed E-state index contributed by atoms with van der Waals surface area (Å²) in [6.45, 7) is 6.62. The van der Waals surface area contributed by atoms with E-state index in [1.165, 1.54) is 5.56 Å². The molecule has 0 unspecified atom stereocenters. The predicted molar refractivity (Wildman–Crippen MR) is 92.2 cm³/mol. The maximum absolute atomic E-state index is 6.02. The van der Waals surface area contributed by atoms with Gasteiger partial charge < -0.3 is 10.1 Å². The van der Waals surface area contributed by atoms with Crippen molar-refractivity contribution in [1.29, 1.82) is 0 Å². The summed E-state index contributed by atoms with van der Waals surface area (Å²) in [5.41, 5.74) is 2.29. The van der Waals surface area contributed by atoms with Gasteiger partial charge in [0, 0.05) is 37.8 Å². The molecule has 1 aliphatic rings. The normalized spacial score (nSPS) is 15.6. The van der Waals surface area contributed by atoms with Gasteiger partial charge in [-0.05, 0) is 17.7 Å². The number of anilines is 2. The zero-order valence-corrected chi connectivity index (χ0v) is 14.0. The SMILES string of the molecule is CCc1nc(Cl)cc(Nc2ccc(CN3CCOCC3)cc2)n1. The maximum atomic E-state index is 6.02. The molecule has 1 N–H and O–H groups in total. The predicted octanol–water partition coefficient (Wildman–Crippen LogP) is 3.27. The Hall–Kier alpha value is -1.69. The third-order valence-electron chi connectivity index (χ3n) is 3.79. The Morgan fingerprint density at radius 3 is 2.61 bits per heavy atom. The number of ether oxygens (including phenoxy) is 1. The highest BCUT2D eigenvalue weighted by Crippen LogP contribution is 2.19. The molecule has 0 atom stereocenters. The van der Waals surface area contributed by atoms with Gasteiger partial charge in [-0.15, -0.1) is 0 Å². The van der Waals surface area contributed by atoms with Gasteiger partial charge in [0.15, 0.2) is 0 Å². The first-order chi connectivity index (χ1) is 11.2. The van der Waals surface area contributed by atoms with Crippen LogP contribution in [0.2, 0.25) is 5.15 Å². The number of hydrogen-bond donors (Lipinski definition) is 1. The molecule has 1 aromatic heterocycles. The van der Waals surface area contributed by atoms with Crippen LogP contribution in [0.1, 0.15) is 18.3 Å². The molecular formula is C17H21ClN4O. The third kappa shape index (κ3) is 4.64. The fourth-order valence-corrected chi connectivity index (χ4v) is 2.75. The Balaban J connectivity index is 1.64. The van der Waals surface area contributed by atoms with Gasteiger partial charge in [0.05, 0.1) is 13.2 Å². The fourth-order valence-electron chi connectivity index (χ4n) is 2.55. The molecule has 1 fully saturated rings. The van der Waals surface area contributed by atoms with Crippen LogP contribution in [0.25, 0.3) is 0 Å². The Bertz CT molecular complexity index is 642. The first-order valence-corrected chi connectivity index (χ1v) is 8.30. The largest absolute Gasteiger partial charge is 0.379 e. The van der Waals surface area contributed by atoms with Crippen molar-refractivity contribution >= 4 is 23.1 Å². The van der Waals surface area contributed by atoms with Gasteiger partial charge in [-0.1, -0.05) is 30.7 Å². The molecule has 23 heavy (non-hydrogen) atoms. The summed E-state index contributed by atoms with van der Waals surface area (Å²) in [7, 11) is 0. The van der Waals surface area contributed by atoms with E-state index >= 15 is 0 Å². The van der Waals surface area contributed by atoms with E-state index in [2.05, 4.69) is 44.5 Å². The minimum atomic E-state index is 0.461. The van der Waals surface area contributed by atoms with E-state index in [0.29, 0.717) is 5.15 Å². The molecular weight excluding hydrogens is 312 g/mol. The molecule has 0 bridgehead atoms. The molecule has 5 nitrogen and oxygen atoms in total. The van der Waals surface area contributed by atoms with Gasteiger partial charge in [-0.2, -0.15) is 0 Å². The molecule has 2 aromatic rings. The third-order valence-corrected chi connectivity index (χ3v) is 3.99. The van der Waals surface area contributed by atoms with Crippen LogP contribution in [0.4, 0.5) is 11.5 Å². The summed E-state index contributed by atoms with van der Waals surface area (Å²) in [4.78, 5) is 11.0. The summed E-state index contributed by atoms with van der Waals surface area (Å²) < 4.78 is 5.38. The van der Waals surface area contributed by atoms with Crippen molar-refractivity contribution in [3.8, 4) is 0 Å². The highest BCUT2D eigenvalue weighted by Gasteiger charge is 2.10. The molecule has 0 amide bonds. The lowest BCUT2D eigenvalue weighted by molar-refractivity contribution is 0.0342. The molecule has 1 aliphatic heterocycles. The van der Waals surface area contributed by atoms with Crippen molar-refractivity contribution in [2.75, 3.05) is 31.6 Å². The van der Waals surface area contributed by atoms with Gasteiger partial charge >= 0.3 is 0 Å². The van der Waals surface area contributed by atoms with Gasteiger partial charge in [-0.25, -0.2) is 9.97 Å². The van der Waals surface area contributed by atoms with Crippen LogP contribution in [0.3, 0.4) is 0 Å². The average molecular weight is 333 g/mol. The number of hydrogen-bond acceptors (Lipinski definition) is 5. The van der Waals surface area contributed by atoms with Crippen molar-refractivity contribution < 1.29 is 4.74 Å². The number of halogens is 1. The van der Waals surface area contributed by atoms with E-state index in [4.69, 9.17) is 16.3 Å². The monoisotopic (exact) mass is 332 g/mol. The highest BCUT2D eigenvalue weighted by molar-refractivity contribution is 6.29. The number of morpholine rings is 1. The van der Waals surface area contributed by atoms with Crippen molar-refractivity contribution in [1.82, 2.24) is 14.9 Å². The van der Waals surface area contributed by atoms with E-state index in [1.54, 1.807) is 6.07 Å². The number of rotatable bonds is 5. The number of aryl methyl sites for hydroxylation is 1. The molecule has 1 aromatic carbocycles. The summed E-state index contributed by atoms with van der Waals surface area (Å²) in [5, 5.41) is 3.74. The van der Waals surface area contributed by atoms with E-state index in [0.717, 1.165) is 56.6 Å². The second kappa shape index (κ2) is 7.73. The summed E-state index contributed by atoms with van der Waals surface area (Å²) in [6, 6.07) is 10.2. The van der Waals surface area contributed by atoms with Crippen LogP contribution in [-0.4, -0.2) is 41.2 Å². The van der Waals surface area contributed by atoms with Gasteiger partial charge in [0.2, 0.25) is 0 Å². The summed E-state index contributed by atoms with van der Waals surface area (Å²) in [5.74, 6) is 1.46. The topological polar surface area (TPSA) is 50.3 Å². The van der Waals surface area contributed by atoms with Gasteiger partial charge in [-0.3, -0.25) is 4.90 Å². The second-order valence-electron chi connectivity index (χ2n) is 5.56. The maximum Gasteiger partial charge on any atom is 0.135 e. The Kier molecular flexibility index (Phi) is 5.43. The molecule has 0 radical (unpaired) electrons. The van der Waals surface area contributed by atoms with E-state index in [1.807, 2.05) is 6.92 Å². The van der Waals surface area contributed by atoms with E-state index in [-0.39, 0.29) is 0 Å². The van der Waals surface area contributed by atoms with Crippen molar-refractivity contribution in [3.63, 3.8) is 0 Å². The number of benzene rings is 1. The molecule has 0 aliphatic carbocycles. The smallest absolute Gasteiger partial charge is 0.135 e. The first kappa shape index (κ1) is 16.2. The lowest BCUT2D eigenvalue weighted by Crippen LogP contribution is -2.35. The fraction of sp³-hybridized carbons (Fsp3) is 0.412. The highest BCUT2D eigenvalue weighted by atomic mass is 35.5. The molecule has 6 heteroatoms. The van der Waals surface area contributed by atoms with Gasteiger partial charge in [0.1, 0.15) is 16.8 Å². The molecule has 0 saturated carbocycles. The second-order valence-corrected chi connectivity index (χ2v) is 5.94. The molecule has 1 saturated heterocycles. The summed E-state index contributed by atoms with van der Waals surface area (Å²) in [6.07, 6.45) is 0.758. The minimum absolute atomic E-state index is 0.461. The standard InChI is InChI=1S/C17H21ClN4O/c1-2-16-20-15(18)11-17(21-16)19-14-5-3-13(4-6-14)12-22-7-9-23-10-8-22/h3-6,11H,2,7-10,12H2,1H3,(H,19,20,21). The van der Waals surface area contributed by atoms with Crippen LogP contribution >= 0.6 is 11.6 Å². The van der Waals surface area contributed by atoms with Crippen molar-refractivity contribution in [2.45, 2.75) is 19.9 Å². The Morgan fingerprint density at radius 1 is 1.17 bits per heavy atom. The number of aromatic nitrogens is 2. The first-order valence-electron chi connectivity index (χ1n) is 7.92. The molecule has 0 spiro atoms. The van der Waals surface area contributed by atoms with Crippen LogP contribution < -0.4 is 5.32 Å². The molecule has 3 rings (SSSR count). The van der Waals surface area contributed by atoms with Crippen LogP contribution in [0.5, 0.6) is 0 Å². The van der Waals surface area contributed by atoms with Gasteiger partial charge in [0.25, 0.3) is 0 Å². The van der Waals surface area contributed by atoms with E-state index in [9.17, 15) is 0 Å². The zero-order valence-electron chi connectivity index (χ0n) is 13.3. The average Bonchev–Trinajstić information content (AvgIpc) is 2.57. The van der Waals surface area contributed by atoms with Crippen molar-refractivity contribution in [2.24, 2.45) is 0 Å². The minimum Gasteiger partial charge on any atom is -0.379 e. The Morgan fingerprint density at radius 2 is 1.91 bits per heavy atom. The van der Waals surface area contributed by atoms with Crippen LogP contribution in [0.15, 0.2) is 30.3 Å². The lowest BCUT2D eigenvalue weighted by Gasteiger charge is -2.26. The van der Waals surface area contributed by atoms with Crippen LogP contribution in [-0.2, 0) is 17.7 Å². The summed E-state index contributed by atoms with van der Waals surface area (Å²) >= 11 is 6.02. The van der Waals surface area contributed by atoms with Crippen molar-refractivity contribution in [3.05, 3.63) is 46.9 Å². The molecule has 122 valence electrons. The lowest BCUT2D eigenvalue weighted by atomic mass is 10.2. The molecule has 2 heterocycles. The number of nitrogens with one attached hydrogen (secondary N) is 1. The quantitative estimate of drug-likeness (QED) is 0.852. The van der Waals surface area contributed by atoms with Crippen LogP contribution in [0, 0.1) is 0 Å². The Labute approximate surface area is 141 Å². The number of nitrogens with zero attached hydrogens (tertiary/aromatic N) is 3.